The first kappa shape index (κ1) is 14.4. The van der Waals surface area contributed by atoms with E-state index in [1.54, 1.807) is 6.20 Å². The third kappa shape index (κ3) is 2.55. The van der Waals surface area contributed by atoms with Crippen LogP contribution in [0.3, 0.4) is 0 Å². The lowest BCUT2D eigenvalue weighted by molar-refractivity contribution is 0.104. The van der Waals surface area contributed by atoms with Gasteiger partial charge in [-0.2, -0.15) is 0 Å². The minimum Gasteiger partial charge on any atom is -0.399 e. The van der Waals surface area contributed by atoms with Gasteiger partial charge >= 0.3 is 0 Å². The van der Waals surface area contributed by atoms with Gasteiger partial charge in [0.05, 0.1) is 10.0 Å². The number of aromatic amines is 1. The predicted molar refractivity (Wildman–Crippen MR) is 90.3 cm³/mol. The largest absolute Gasteiger partial charge is 0.399 e. The van der Waals surface area contributed by atoms with E-state index in [0.717, 1.165) is 15.4 Å². The minimum absolute atomic E-state index is 0.209. The molecule has 21 heavy (non-hydrogen) atoms. The number of nitrogens with one attached hydrogen (secondary N) is 1. The van der Waals surface area contributed by atoms with E-state index in [9.17, 15) is 4.79 Å². The van der Waals surface area contributed by atoms with Crippen molar-refractivity contribution >= 4 is 61.5 Å². The summed E-state index contributed by atoms with van der Waals surface area (Å²) in [6.07, 6.45) is 1.66. The number of aromatic nitrogens is 1. The fraction of sp³-hybridized carbons (Fsp3) is 0. The maximum absolute atomic E-state index is 12.7. The van der Waals surface area contributed by atoms with Crippen molar-refractivity contribution in [2.75, 3.05) is 5.73 Å². The summed E-state index contributed by atoms with van der Waals surface area (Å²) >= 11 is 15.5. The van der Waals surface area contributed by atoms with Crippen LogP contribution in [-0.2, 0) is 0 Å². The van der Waals surface area contributed by atoms with Crippen LogP contribution in [0, 0.1) is 0 Å². The number of nitrogen functional groups attached to an aromatic ring is 1. The van der Waals surface area contributed by atoms with E-state index in [-0.39, 0.29) is 15.8 Å². The number of hydrogen-bond acceptors (Lipinski definition) is 2. The fourth-order valence-corrected chi connectivity index (χ4v) is 2.98. The highest BCUT2D eigenvalue weighted by molar-refractivity contribution is 9.10. The third-order valence-electron chi connectivity index (χ3n) is 3.18. The zero-order chi connectivity index (χ0) is 15.1. The number of halogens is 3. The van der Waals surface area contributed by atoms with Crippen LogP contribution in [0.2, 0.25) is 10.0 Å². The predicted octanol–water partition coefficient (Wildman–Crippen LogP) is 5.05. The zero-order valence-electron chi connectivity index (χ0n) is 10.6. The quantitative estimate of drug-likeness (QED) is 0.480. The number of ketones is 1. The van der Waals surface area contributed by atoms with Gasteiger partial charge in [0.2, 0.25) is 0 Å². The van der Waals surface area contributed by atoms with Crippen LogP contribution in [0.5, 0.6) is 0 Å². The van der Waals surface area contributed by atoms with E-state index < -0.39 is 0 Å². The molecule has 106 valence electrons. The first-order chi connectivity index (χ1) is 9.97. The lowest BCUT2D eigenvalue weighted by Gasteiger charge is -2.06. The average Bonchev–Trinajstić information content (AvgIpc) is 2.85. The minimum atomic E-state index is -0.224. The van der Waals surface area contributed by atoms with Crippen molar-refractivity contribution in [1.29, 1.82) is 0 Å². The van der Waals surface area contributed by atoms with Crippen molar-refractivity contribution in [3.8, 4) is 0 Å². The molecule has 0 radical (unpaired) electrons. The molecule has 0 fully saturated rings. The molecule has 0 saturated carbocycles. The van der Waals surface area contributed by atoms with E-state index in [0.29, 0.717) is 16.8 Å². The molecule has 0 aliphatic carbocycles. The highest BCUT2D eigenvalue weighted by Crippen LogP contribution is 2.32. The second-order valence-corrected chi connectivity index (χ2v) is 6.29. The number of fused-ring (bicyclic) bond motifs is 1. The molecule has 0 aliphatic rings. The summed E-state index contributed by atoms with van der Waals surface area (Å²) < 4.78 is 0.889. The van der Waals surface area contributed by atoms with E-state index in [1.807, 2.05) is 18.2 Å². The molecule has 0 aliphatic heterocycles. The average molecular weight is 384 g/mol. The lowest BCUT2D eigenvalue weighted by atomic mass is 10.0. The zero-order valence-corrected chi connectivity index (χ0v) is 13.7. The number of anilines is 1. The maximum atomic E-state index is 12.7. The first-order valence-corrected chi connectivity index (χ1v) is 7.58. The van der Waals surface area contributed by atoms with Gasteiger partial charge in [-0.25, -0.2) is 0 Å². The first-order valence-electron chi connectivity index (χ1n) is 6.03. The van der Waals surface area contributed by atoms with Gasteiger partial charge in [0.1, 0.15) is 0 Å². The van der Waals surface area contributed by atoms with Crippen LogP contribution in [0.1, 0.15) is 15.9 Å². The van der Waals surface area contributed by atoms with E-state index in [1.165, 1.54) is 12.1 Å². The second kappa shape index (κ2) is 5.37. The van der Waals surface area contributed by atoms with Gasteiger partial charge in [-0.05, 0) is 30.3 Å². The SMILES string of the molecule is Nc1cc(Cl)c(Cl)c(C(=O)c2c[nH]c3ccc(Br)cc23)c1. The van der Waals surface area contributed by atoms with Crippen molar-refractivity contribution < 1.29 is 4.79 Å². The van der Waals surface area contributed by atoms with Crippen LogP contribution in [0.15, 0.2) is 41.0 Å². The summed E-state index contributed by atoms with van der Waals surface area (Å²) in [4.78, 5) is 15.8. The highest BCUT2D eigenvalue weighted by atomic mass is 79.9. The molecule has 0 amide bonds. The molecule has 0 unspecified atom stereocenters. The summed E-state index contributed by atoms with van der Waals surface area (Å²) in [6, 6.07) is 8.72. The lowest BCUT2D eigenvalue weighted by Crippen LogP contribution is -2.03. The number of carbonyl (C=O) groups excluding carboxylic acids is 1. The molecular weight excluding hydrogens is 375 g/mol. The summed E-state index contributed by atoms with van der Waals surface area (Å²) in [5.74, 6) is -0.224. The number of nitrogens with two attached hydrogens (primary N) is 1. The number of benzene rings is 2. The van der Waals surface area contributed by atoms with Crippen molar-refractivity contribution in [2.24, 2.45) is 0 Å². The number of rotatable bonds is 2. The second-order valence-electron chi connectivity index (χ2n) is 4.59. The molecule has 0 bridgehead atoms. The maximum Gasteiger partial charge on any atom is 0.196 e. The summed E-state index contributed by atoms with van der Waals surface area (Å²) in [7, 11) is 0. The van der Waals surface area contributed by atoms with Crippen LogP contribution >= 0.6 is 39.1 Å². The number of hydrogen-bond donors (Lipinski definition) is 2. The van der Waals surface area contributed by atoms with Crippen molar-refractivity contribution in [3.05, 3.63) is 62.2 Å². The normalized spacial score (nSPS) is 11.0. The Morgan fingerprint density at radius 3 is 2.67 bits per heavy atom. The van der Waals surface area contributed by atoms with Gasteiger partial charge in [0.15, 0.2) is 5.78 Å². The van der Waals surface area contributed by atoms with Crippen LogP contribution < -0.4 is 5.73 Å². The molecule has 0 spiro atoms. The molecular formula is C15H9BrCl2N2O. The van der Waals surface area contributed by atoms with Gasteiger partial charge in [0, 0.05) is 38.4 Å². The molecule has 3 aromatic rings. The molecule has 3 rings (SSSR count). The topological polar surface area (TPSA) is 58.9 Å². The Hall–Kier alpha value is -1.49. The van der Waals surface area contributed by atoms with Crippen LogP contribution in [0.25, 0.3) is 10.9 Å². The third-order valence-corrected chi connectivity index (χ3v) is 4.48. The summed E-state index contributed by atoms with van der Waals surface area (Å²) in [5.41, 5.74) is 7.83. The van der Waals surface area contributed by atoms with Crippen molar-refractivity contribution in [3.63, 3.8) is 0 Å². The van der Waals surface area contributed by atoms with Gasteiger partial charge in [0.25, 0.3) is 0 Å². The van der Waals surface area contributed by atoms with E-state index >= 15 is 0 Å². The summed E-state index contributed by atoms with van der Waals surface area (Å²) in [6.45, 7) is 0. The van der Waals surface area contributed by atoms with Crippen molar-refractivity contribution in [1.82, 2.24) is 4.98 Å². The molecule has 1 aromatic heterocycles. The van der Waals surface area contributed by atoms with Gasteiger partial charge in [-0.3, -0.25) is 4.79 Å². The van der Waals surface area contributed by atoms with E-state index in [4.69, 9.17) is 28.9 Å². The molecule has 6 heteroatoms. The Balaban J connectivity index is 2.19. The smallest absolute Gasteiger partial charge is 0.196 e. The fourth-order valence-electron chi connectivity index (χ4n) is 2.20. The Kier molecular flexibility index (Phi) is 3.69. The molecule has 3 nitrogen and oxygen atoms in total. The van der Waals surface area contributed by atoms with Crippen LogP contribution in [-0.4, -0.2) is 10.8 Å². The van der Waals surface area contributed by atoms with Gasteiger partial charge in [-0.15, -0.1) is 0 Å². The molecule has 1 heterocycles. The van der Waals surface area contributed by atoms with Crippen molar-refractivity contribution in [2.45, 2.75) is 0 Å². The van der Waals surface area contributed by atoms with Crippen LogP contribution in [0.4, 0.5) is 5.69 Å². The molecule has 3 N–H and O–H groups in total. The standard InChI is InChI=1S/C15H9BrCl2N2O/c16-7-1-2-13-9(3-7)11(6-20-13)15(21)10-4-8(19)5-12(17)14(10)18/h1-6,20H,19H2. The Morgan fingerprint density at radius 2 is 1.90 bits per heavy atom. The Labute approximate surface area is 139 Å². The highest BCUT2D eigenvalue weighted by Gasteiger charge is 2.19. The monoisotopic (exact) mass is 382 g/mol. The Morgan fingerprint density at radius 1 is 1.14 bits per heavy atom. The number of carbonyl (C=O) groups is 1. The Bertz CT molecular complexity index is 873. The van der Waals surface area contributed by atoms with Gasteiger partial charge in [-0.1, -0.05) is 39.1 Å². The van der Waals surface area contributed by atoms with Gasteiger partial charge < -0.3 is 10.7 Å². The molecule has 0 saturated heterocycles. The number of H-pyrrole nitrogens is 1. The molecule has 0 atom stereocenters. The molecule has 2 aromatic carbocycles. The summed E-state index contributed by atoms with van der Waals surface area (Å²) in [5, 5.41) is 1.28. The van der Waals surface area contributed by atoms with E-state index in [2.05, 4.69) is 20.9 Å².